The van der Waals surface area contributed by atoms with Crippen molar-refractivity contribution in [2.24, 2.45) is 0 Å². The summed E-state index contributed by atoms with van der Waals surface area (Å²) in [6.45, 7) is 3.34. The summed E-state index contributed by atoms with van der Waals surface area (Å²) in [4.78, 5) is 11.9. The number of rotatable bonds is 5. The average Bonchev–Trinajstić information content (AvgIpc) is 3.60. The Labute approximate surface area is 191 Å². The zero-order valence-corrected chi connectivity index (χ0v) is 18.7. The molecule has 1 aromatic carbocycles. The van der Waals surface area contributed by atoms with Crippen molar-refractivity contribution >= 4 is 22.2 Å². The van der Waals surface area contributed by atoms with Gasteiger partial charge >= 0.3 is 0 Å². The second-order valence-corrected chi connectivity index (χ2v) is 9.46. The summed E-state index contributed by atoms with van der Waals surface area (Å²) in [5.74, 6) is 0. The van der Waals surface area contributed by atoms with Gasteiger partial charge in [0, 0.05) is 45.8 Å². The van der Waals surface area contributed by atoms with Crippen LogP contribution in [-0.2, 0) is 6.54 Å². The number of piperidine rings is 1. The molecule has 1 aliphatic rings. The van der Waals surface area contributed by atoms with Gasteiger partial charge < -0.3 is 4.98 Å². The van der Waals surface area contributed by atoms with Gasteiger partial charge in [-0.15, -0.1) is 11.3 Å². The molecule has 5 nitrogen and oxygen atoms in total. The second-order valence-electron chi connectivity index (χ2n) is 8.51. The summed E-state index contributed by atoms with van der Waals surface area (Å²) in [6, 6.07) is 17.2. The van der Waals surface area contributed by atoms with Gasteiger partial charge in [0.1, 0.15) is 5.69 Å². The molecule has 0 spiro atoms. The first-order valence-electron chi connectivity index (χ1n) is 11.2. The van der Waals surface area contributed by atoms with Gasteiger partial charge in [-0.3, -0.25) is 15.0 Å². The number of aromatic amines is 2. The van der Waals surface area contributed by atoms with Crippen LogP contribution in [0.2, 0.25) is 0 Å². The first-order chi connectivity index (χ1) is 15.8. The van der Waals surface area contributed by atoms with Crippen LogP contribution in [0.5, 0.6) is 0 Å². The van der Waals surface area contributed by atoms with Crippen LogP contribution in [0.3, 0.4) is 0 Å². The Morgan fingerprint density at radius 2 is 1.88 bits per heavy atom. The number of nitrogens with zero attached hydrogens (tertiary/aromatic N) is 3. The number of likely N-dealkylation sites (tertiary alicyclic amines) is 1. The van der Waals surface area contributed by atoms with E-state index in [0.29, 0.717) is 0 Å². The van der Waals surface area contributed by atoms with E-state index in [4.69, 9.17) is 0 Å². The quantitative estimate of drug-likeness (QED) is 0.336. The molecule has 5 aromatic rings. The molecule has 0 atom stereocenters. The van der Waals surface area contributed by atoms with Crippen molar-refractivity contribution in [1.82, 2.24) is 25.1 Å². The third-order valence-corrected chi connectivity index (χ3v) is 7.17. The highest BCUT2D eigenvalue weighted by atomic mass is 32.1. The van der Waals surface area contributed by atoms with E-state index in [1.807, 2.05) is 12.4 Å². The first kappa shape index (κ1) is 19.5. The van der Waals surface area contributed by atoms with Crippen LogP contribution in [0, 0.1) is 0 Å². The minimum atomic E-state index is 0.912. The average molecular weight is 440 g/mol. The lowest BCUT2D eigenvalue weighted by molar-refractivity contribution is 0.220. The van der Waals surface area contributed by atoms with E-state index in [2.05, 4.69) is 79.0 Å². The molecule has 0 saturated carbocycles. The van der Waals surface area contributed by atoms with E-state index < -0.39 is 0 Å². The predicted octanol–water partition coefficient (Wildman–Crippen LogP) is 6.33. The Hall–Kier alpha value is -3.22. The zero-order chi connectivity index (χ0) is 21.3. The predicted molar refractivity (Wildman–Crippen MR) is 132 cm³/mol. The number of benzene rings is 1. The van der Waals surface area contributed by atoms with Gasteiger partial charge in [-0.1, -0.05) is 24.6 Å². The largest absolute Gasteiger partial charge is 0.353 e. The number of nitrogens with one attached hydrogen (secondary N) is 2. The van der Waals surface area contributed by atoms with Gasteiger partial charge in [-0.25, -0.2) is 0 Å². The topological polar surface area (TPSA) is 60.6 Å². The zero-order valence-electron chi connectivity index (χ0n) is 17.8. The van der Waals surface area contributed by atoms with Gasteiger partial charge in [0.05, 0.1) is 11.4 Å². The molecule has 0 unspecified atom stereocenters. The summed E-state index contributed by atoms with van der Waals surface area (Å²) >= 11 is 1.76. The number of fused-ring (bicyclic) bond motifs is 1. The van der Waals surface area contributed by atoms with Gasteiger partial charge in [0.25, 0.3) is 0 Å². The van der Waals surface area contributed by atoms with Crippen molar-refractivity contribution in [3.05, 3.63) is 71.9 Å². The molecule has 1 fully saturated rings. The van der Waals surface area contributed by atoms with Crippen molar-refractivity contribution in [3.8, 4) is 33.1 Å². The van der Waals surface area contributed by atoms with Crippen LogP contribution in [0.4, 0.5) is 0 Å². The lowest BCUT2D eigenvalue weighted by Crippen LogP contribution is -2.29. The van der Waals surface area contributed by atoms with E-state index in [0.717, 1.165) is 34.7 Å². The van der Waals surface area contributed by atoms with Crippen LogP contribution < -0.4 is 0 Å². The maximum Gasteiger partial charge on any atom is 0.109 e. The Balaban J connectivity index is 1.29. The third kappa shape index (κ3) is 3.76. The Morgan fingerprint density at radius 3 is 2.75 bits per heavy atom. The molecular formula is C26H25N5S. The fourth-order valence-corrected chi connectivity index (χ4v) is 5.41. The van der Waals surface area contributed by atoms with E-state index >= 15 is 0 Å². The van der Waals surface area contributed by atoms with E-state index in [9.17, 15) is 0 Å². The first-order valence-corrected chi connectivity index (χ1v) is 12.1. The van der Waals surface area contributed by atoms with Crippen molar-refractivity contribution in [1.29, 1.82) is 0 Å². The van der Waals surface area contributed by atoms with Crippen molar-refractivity contribution in [2.45, 2.75) is 25.8 Å². The number of H-pyrrole nitrogens is 2. The Bertz CT molecular complexity index is 1340. The minimum Gasteiger partial charge on any atom is -0.353 e. The lowest BCUT2D eigenvalue weighted by atomic mass is 10.1. The summed E-state index contributed by atoms with van der Waals surface area (Å²) in [5.41, 5.74) is 7.63. The third-order valence-electron chi connectivity index (χ3n) is 6.27. The van der Waals surface area contributed by atoms with Gasteiger partial charge in [-0.05, 0) is 67.2 Å². The molecular weight excluding hydrogens is 414 g/mol. The monoisotopic (exact) mass is 439 g/mol. The number of hydrogen-bond acceptors (Lipinski definition) is 4. The maximum absolute atomic E-state index is 4.60. The number of pyridine rings is 1. The van der Waals surface area contributed by atoms with E-state index in [1.54, 1.807) is 11.3 Å². The molecule has 4 aromatic heterocycles. The summed E-state index contributed by atoms with van der Waals surface area (Å²) < 4.78 is 0. The van der Waals surface area contributed by atoms with Crippen LogP contribution in [0.15, 0.2) is 66.3 Å². The van der Waals surface area contributed by atoms with E-state index in [-0.39, 0.29) is 0 Å². The summed E-state index contributed by atoms with van der Waals surface area (Å²) in [5, 5.41) is 11.2. The minimum absolute atomic E-state index is 0.912. The molecule has 0 bridgehead atoms. The van der Waals surface area contributed by atoms with Crippen molar-refractivity contribution in [2.75, 3.05) is 13.1 Å². The molecule has 160 valence electrons. The fraction of sp³-hybridized carbons (Fsp3) is 0.231. The summed E-state index contributed by atoms with van der Waals surface area (Å²) in [7, 11) is 0. The fourth-order valence-electron chi connectivity index (χ4n) is 4.64. The van der Waals surface area contributed by atoms with E-state index in [1.165, 1.54) is 53.7 Å². The molecule has 2 N–H and O–H groups in total. The molecule has 6 rings (SSSR count). The number of hydrogen-bond donors (Lipinski definition) is 2. The number of aromatic nitrogens is 4. The summed E-state index contributed by atoms with van der Waals surface area (Å²) in [6.07, 6.45) is 7.86. The van der Waals surface area contributed by atoms with Crippen LogP contribution in [0.25, 0.3) is 44.0 Å². The Morgan fingerprint density at radius 1 is 0.938 bits per heavy atom. The maximum atomic E-state index is 4.60. The van der Waals surface area contributed by atoms with Crippen LogP contribution >= 0.6 is 11.3 Å². The standard InChI is InChI=1S/C26H25N5S/c1-2-9-31(10-3-1)17-18-12-19(16-27-15-18)23-14-25(30-29-23)24-13-21-20(26-8-5-11-32-26)6-4-7-22(21)28-24/h4-8,11-16,28H,1-3,9-10,17H2,(H,29,30). The molecule has 1 saturated heterocycles. The normalized spacial score (nSPS) is 14.9. The highest BCUT2D eigenvalue weighted by Crippen LogP contribution is 2.34. The molecule has 0 radical (unpaired) electrons. The Kier molecular flexibility index (Phi) is 5.09. The molecule has 32 heavy (non-hydrogen) atoms. The van der Waals surface area contributed by atoms with Crippen LogP contribution in [0.1, 0.15) is 24.8 Å². The second kappa shape index (κ2) is 8.37. The molecule has 6 heteroatoms. The molecule has 0 aliphatic carbocycles. The molecule has 0 amide bonds. The van der Waals surface area contributed by atoms with Gasteiger partial charge in [0.2, 0.25) is 0 Å². The number of thiophene rings is 1. The SMILES string of the molecule is c1csc(-c2cccc3[nH]c(-c4cc(-c5cncc(CN6CCCCC6)c5)[nH]n4)cc23)c1. The highest BCUT2D eigenvalue weighted by molar-refractivity contribution is 7.13. The molecule has 5 heterocycles. The smallest absolute Gasteiger partial charge is 0.109 e. The van der Waals surface area contributed by atoms with Gasteiger partial charge in [0.15, 0.2) is 0 Å². The van der Waals surface area contributed by atoms with Crippen molar-refractivity contribution < 1.29 is 0 Å². The van der Waals surface area contributed by atoms with Gasteiger partial charge in [-0.2, -0.15) is 5.10 Å². The molecule has 1 aliphatic heterocycles. The lowest BCUT2D eigenvalue weighted by Gasteiger charge is -2.26. The van der Waals surface area contributed by atoms with Crippen LogP contribution in [-0.4, -0.2) is 38.2 Å². The van der Waals surface area contributed by atoms with Crippen molar-refractivity contribution in [3.63, 3.8) is 0 Å². The highest BCUT2D eigenvalue weighted by Gasteiger charge is 2.14.